The second kappa shape index (κ2) is 2.69. The standard InChI is InChI=1S/C6H5ClNO/c7-5-2-1-3-6(4-5)8-9/h1-2,9H,4H2. The third-order valence-corrected chi connectivity index (χ3v) is 1.23. The summed E-state index contributed by atoms with van der Waals surface area (Å²) in [7, 11) is 0. The first-order valence-electron chi connectivity index (χ1n) is 2.48. The number of halogens is 1. The Morgan fingerprint density at radius 1 is 1.78 bits per heavy atom. The minimum atomic E-state index is 0.475. The Morgan fingerprint density at radius 3 is 3.00 bits per heavy atom. The first-order chi connectivity index (χ1) is 4.33. The highest BCUT2D eigenvalue weighted by atomic mass is 35.5. The molecule has 0 bridgehead atoms. The van der Waals surface area contributed by atoms with E-state index < -0.39 is 0 Å². The molecule has 1 rings (SSSR count). The smallest absolute Gasteiger partial charge is 0.0927 e. The van der Waals surface area contributed by atoms with Crippen molar-refractivity contribution in [2.45, 2.75) is 6.42 Å². The van der Waals surface area contributed by atoms with E-state index in [0.717, 1.165) is 0 Å². The van der Waals surface area contributed by atoms with E-state index in [9.17, 15) is 0 Å². The van der Waals surface area contributed by atoms with Crippen molar-refractivity contribution in [3.05, 3.63) is 23.3 Å². The van der Waals surface area contributed by atoms with Crippen LogP contribution >= 0.6 is 11.6 Å². The Labute approximate surface area is 58.1 Å². The van der Waals surface area contributed by atoms with Crippen molar-refractivity contribution in [3.63, 3.8) is 0 Å². The summed E-state index contributed by atoms with van der Waals surface area (Å²) in [5.74, 6) is 0. The normalized spacial score (nSPS) is 22.3. The molecule has 9 heavy (non-hydrogen) atoms. The molecule has 0 atom stereocenters. The van der Waals surface area contributed by atoms with Gasteiger partial charge in [-0.25, -0.2) is 0 Å². The zero-order valence-corrected chi connectivity index (χ0v) is 5.39. The SMILES string of the molecule is ON=C1[C]=CC=C(Cl)C1. The van der Waals surface area contributed by atoms with Crippen LogP contribution < -0.4 is 0 Å². The van der Waals surface area contributed by atoms with Gasteiger partial charge in [-0.3, -0.25) is 0 Å². The van der Waals surface area contributed by atoms with Gasteiger partial charge in [0, 0.05) is 17.5 Å². The maximum absolute atomic E-state index is 8.23. The summed E-state index contributed by atoms with van der Waals surface area (Å²) in [6.07, 6.45) is 6.54. The quantitative estimate of drug-likeness (QED) is 0.405. The third kappa shape index (κ3) is 1.57. The van der Waals surface area contributed by atoms with E-state index in [-0.39, 0.29) is 0 Å². The van der Waals surface area contributed by atoms with E-state index >= 15 is 0 Å². The molecule has 0 amide bonds. The number of hydrogen-bond donors (Lipinski definition) is 1. The fourth-order valence-corrected chi connectivity index (χ4v) is 0.752. The highest BCUT2D eigenvalue weighted by Crippen LogP contribution is 2.12. The van der Waals surface area contributed by atoms with Gasteiger partial charge in [-0.15, -0.1) is 0 Å². The molecule has 0 aromatic carbocycles. The fourth-order valence-electron chi connectivity index (χ4n) is 0.562. The molecular weight excluding hydrogens is 138 g/mol. The van der Waals surface area contributed by atoms with Crippen LogP contribution in [-0.4, -0.2) is 10.9 Å². The maximum atomic E-state index is 8.23. The molecule has 1 radical (unpaired) electrons. The van der Waals surface area contributed by atoms with Crippen molar-refractivity contribution in [2.24, 2.45) is 5.16 Å². The molecule has 2 nitrogen and oxygen atoms in total. The van der Waals surface area contributed by atoms with Crippen LogP contribution in [0.25, 0.3) is 0 Å². The monoisotopic (exact) mass is 142 g/mol. The summed E-state index contributed by atoms with van der Waals surface area (Å²) < 4.78 is 0. The molecule has 0 fully saturated rings. The first kappa shape index (κ1) is 6.36. The van der Waals surface area contributed by atoms with Crippen LogP contribution in [0.3, 0.4) is 0 Å². The van der Waals surface area contributed by atoms with Crippen molar-refractivity contribution in [1.29, 1.82) is 0 Å². The number of hydrogen-bond acceptors (Lipinski definition) is 2. The van der Waals surface area contributed by atoms with Gasteiger partial charge in [0.2, 0.25) is 0 Å². The topological polar surface area (TPSA) is 32.6 Å². The van der Waals surface area contributed by atoms with E-state index in [1.54, 1.807) is 12.2 Å². The van der Waals surface area contributed by atoms with Crippen LogP contribution in [0.1, 0.15) is 6.42 Å². The Balaban J connectivity index is 2.73. The number of rotatable bonds is 0. The maximum Gasteiger partial charge on any atom is 0.0927 e. The second-order valence-electron chi connectivity index (χ2n) is 1.65. The lowest BCUT2D eigenvalue weighted by Crippen LogP contribution is -1.97. The van der Waals surface area contributed by atoms with Crippen LogP contribution in [0.5, 0.6) is 0 Å². The van der Waals surface area contributed by atoms with Gasteiger partial charge in [-0.1, -0.05) is 22.8 Å². The predicted molar refractivity (Wildman–Crippen MR) is 35.6 cm³/mol. The molecule has 0 aromatic heterocycles. The molecule has 0 saturated carbocycles. The number of allylic oxidation sites excluding steroid dienone is 4. The molecule has 1 N–H and O–H groups in total. The Morgan fingerprint density at radius 2 is 2.56 bits per heavy atom. The van der Waals surface area contributed by atoms with E-state index in [4.69, 9.17) is 16.8 Å². The van der Waals surface area contributed by atoms with Gasteiger partial charge in [-0.2, -0.15) is 0 Å². The summed E-state index contributed by atoms with van der Waals surface area (Å²) in [5.41, 5.74) is 0.475. The Bertz CT molecular complexity index is 193. The van der Waals surface area contributed by atoms with Crippen LogP contribution in [0.4, 0.5) is 0 Å². The largest absolute Gasteiger partial charge is 0.411 e. The van der Waals surface area contributed by atoms with Crippen LogP contribution in [0.15, 0.2) is 22.3 Å². The molecule has 3 heteroatoms. The van der Waals surface area contributed by atoms with E-state index in [0.29, 0.717) is 17.2 Å². The highest BCUT2D eigenvalue weighted by Gasteiger charge is 2.02. The number of nitrogens with zero attached hydrogens (tertiary/aromatic N) is 1. The first-order valence-corrected chi connectivity index (χ1v) is 2.86. The van der Waals surface area contributed by atoms with Crippen molar-refractivity contribution >= 4 is 17.3 Å². The molecule has 0 aliphatic heterocycles. The predicted octanol–water partition coefficient (Wildman–Crippen LogP) is 1.70. The fraction of sp³-hybridized carbons (Fsp3) is 0.167. The van der Waals surface area contributed by atoms with Gasteiger partial charge < -0.3 is 5.21 Å². The molecule has 0 spiro atoms. The van der Waals surface area contributed by atoms with Crippen LogP contribution in [0.2, 0.25) is 0 Å². The Kier molecular flexibility index (Phi) is 1.90. The molecule has 0 aromatic rings. The lowest BCUT2D eigenvalue weighted by Gasteiger charge is -1.99. The summed E-state index contributed by atoms with van der Waals surface area (Å²) in [4.78, 5) is 0. The molecule has 47 valence electrons. The van der Waals surface area contributed by atoms with Gasteiger partial charge in [-0.05, 0) is 6.08 Å². The van der Waals surface area contributed by atoms with Crippen molar-refractivity contribution in [1.82, 2.24) is 0 Å². The van der Waals surface area contributed by atoms with E-state index in [1.807, 2.05) is 0 Å². The van der Waals surface area contributed by atoms with Gasteiger partial charge in [0.15, 0.2) is 0 Å². The lowest BCUT2D eigenvalue weighted by molar-refractivity contribution is 0.318. The van der Waals surface area contributed by atoms with E-state index in [1.165, 1.54) is 0 Å². The summed E-state index contributed by atoms with van der Waals surface area (Å²) in [5, 5.41) is 11.8. The van der Waals surface area contributed by atoms with Gasteiger partial charge >= 0.3 is 0 Å². The minimum absolute atomic E-state index is 0.475. The zero-order chi connectivity index (χ0) is 6.69. The molecular formula is C6H5ClNO. The summed E-state index contributed by atoms with van der Waals surface area (Å²) in [6.45, 7) is 0. The van der Waals surface area contributed by atoms with Crippen molar-refractivity contribution in [2.75, 3.05) is 0 Å². The lowest BCUT2D eigenvalue weighted by atomic mass is 10.2. The Hall–Kier alpha value is -0.760. The summed E-state index contributed by atoms with van der Waals surface area (Å²) >= 11 is 5.59. The minimum Gasteiger partial charge on any atom is -0.411 e. The summed E-state index contributed by atoms with van der Waals surface area (Å²) in [6, 6.07) is 0. The average molecular weight is 143 g/mol. The third-order valence-electron chi connectivity index (χ3n) is 0.971. The van der Waals surface area contributed by atoms with Crippen LogP contribution in [0, 0.1) is 6.08 Å². The molecule has 0 saturated heterocycles. The average Bonchev–Trinajstić information content (AvgIpc) is 1.88. The number of oxime groups is 1. The molecule has 0 unspecified atom stereocenters. The molecule has 1 aliphatic rings. The van der Waals surface area contributed by atoms with Gasteiger partial charge in [0.05, 0.1) is 5.71 Å². The van der Waals surface area contributed by atoms with E-state index in [2.05, 4.69) is 11.2 Å². The van der Waals surface area contributed by atoms with Gasteiger partial charge in [0.1, 0.15) is 0 Å². The second-order valence-corrected chi connectivity index (χ2v) is 2.13. The molecule has 1 aliphatic carbocycles. The molecule has 0 heterocycles. The van der Waals surface area contributed by atoms with Crippen LogP contribution in [-0.2, 0) is 0 Å². The zero-order valence-electron chi connectivity index (χ0n) is 4.63. The van der Waals surface area contributed by atoms with Gasteiger partial charge in [0.25, 0.3) is 0 Å². The van der Waals surface area contributed by atoms with Crippen molar-refractivity contribution < 1.29 is 5.21 Å². The van der Waals surface area contributed by atoms with Crippen molar-refractivity contribution in [3.8, 4) is 0 Å². The highest BCUT2D eigenvalue weighted by molar-refractivity contribution is 6.31.